The van der Waals surface area contributed by atoms with Crippen LogP contribution in [0.3, 0.4) is 0 Å². The summed E-state index contributed by atoms with van der Waals surface area (Å²) in [5.41, 5.74) is 0.923. The number of imide groups is 1. The second kappa shape index (κ2) is 7.67. The Kier molecular flexibility index (Phi) is 5.12. The standard InChI is InChI=1S/C25H35N3O2/c1-17(2)18-8-10-19(11-9-18)27-14-12-25(13-15-27)22-21(23(29)26-24(22)30)16-28(25)20-6-4-3-5-7-20/h3-7,17-19,21-22H,8-16H2,1-2H3,(H,26,29,30). The number of hydrogen-bond donors (Lipinski definition) is 1. The average molecular weight is 410 g/mol. The summed E-state index contributed by atoms with van der Waals surface area (Å²) < 4.78 is 0. The highest BCUT2D eigenvalue weighted by Crippen LogP contribution is 2.50. The van der Waals surface area contributed by atoms with E-state index in [0.29, 0.717) is 12.6 Å². The highest BCUT2D eigenvalue weighted by atomic mass is 16.2. The normalized spacial score (nSPS) is 33.9. The van der Waals surface area contributed by atoms with Crippen LogP contribution in [0.1, 0.15) is 52.4 Å². The molecule has 1 saturated carbocycles. The first kappa shape index (κ1) is 20.0. The molecule has 0 radical (unpaired) electrons. The van der Waals surface area contributed by atoms with Crippen LogP contribution in [0.15, 0.2) is 30.3 Å². The van der Waals surface area contributed by atoms with Gasteiger partial charge >= 0.3 is 0 Å². The molecule has 0 aromatic heterocycles. The van der Waals surface area contributed by atoms with E-state index in [-0.39, 0.29) is 29.2 Å². The van der Waals surface area contributed by atoms with Gasteiger partial charge in [-0.1, -0.05) is 32.0 Å². The van der Waals surface area contributed by atoms with E-state index >= 15 is 0 Å². The maximum atomic E-state index is 12.8. The third-order valence-electron chi connectivity index (χ3n) is 8.70. The Labute approximate surface area is 180 Å². The summed E-state index contributed by atoms with van der Waals surface area (Å²) in [7, 11) is 0. The molecule has 5 rings (SSSR count). The lowest BCUT2D eigenvalue weighted by Crippen LogP contribution is -2.59. The lowest BCUT2D eigenvalue weighted by atomic mass is 9.73. The molecule has 1 N–H and O–H groups in total. The second-order valence-electron chi connectivity index (χ2n) is 10.3. The number of nitrogens with zero attached hydrogens (tertiary/aromatic N) is 2. The van der Waals surface area contributed by atoms with Gasteiger partial charge in [0.1, 0.15) is 0 Å². The van der Waals surface area contributed by atoms with Gasteiger partial charge in [0.2, 0.25) is 11.8 Å². The fourth-order valence-electron chi connectivity index (χ4n) is 6.94. The van der Waals surface area contributed by atoms with Crippen molar-refractivity contribution in [3.8, 4) is 0 Å². The molecule has 3 heterocycles. The van der Waals surface area contributed by atoms with Crippen molar-refractivity contribution in [2.45, 2.75) is 64.0 Å². The van der Waals surface area contributed by atoms with Crippen molar-refractivity contribution in [3.05, 3.63) is 30.3 Å². The van der Waals surface area contributed by atoms with E-state index in [1.54, 1.807) is 0 Å². The van der Waals surface area contributed by atoms with Gasteiger partial charge in [0, 0.05) is 31.4 Å². The van der Waals surface area contributed by atoms with E-state index in [0.717, 1.165) is 43.5 Å². The van der Waals surface area contributed by atoms with E-state index in [1.165, 1.54) is 25.7 Å². The van der Waals surface area contributed by atoms with Crippen LogP contribution in [0.5, 0.6) is 0 Å². The van der Waals surface area contributed by atoms with Crippen molar-refractivity contribution in [2.24, 2.45) is 23.7 Å². The molecule has 3 aliphatic heterocycles. The topological polar surface area (TPSA) is 52.7 Å². The smallest absolute Gasteiger partial charge is 0.232 e. The number of piperidine rings is 1. The first-order chi connectivity index (χ1) is 14.5. The summed E-state index contributed by atoms with van der Waals surface area (Å²) in [6.45, 7) is 7.44. The number of carbonyl (C=O) groups is 2. The van der Waals surface area contributed by atoms with Gasteiger partial charge in [-0.2, -0.15) is 0 Å². The molecular weight excluding hydrogens is 374 g/mol. The van der Waals surface area contributed by atoms with E-state index in [9.17, 15) is 9.59 Å². The van der Waals surface area contributed by atoms with Gasteiger partial charge in [-0.3, -0.25) is 14.9 Å². The van der Waals surface area contributed by atoms with Gasteiger partial charge in [0.05, 0.1) is 17.4 Å². The molecule has 2 amide bonds. The Morgan fingerprint density at radius 1 is 0.967 bits per heavy atom. The Morgan fingerprint density at radius 3 is 2.27 bits per heavy atom. The third kappa shape index (κ3) is 3.17. The van der Waals surface area contributed by atoms with Crippen molar-refractivity contribution in [1.82, 2.24) is 10.2 Å². The van der Waals surface area contributed by atoms with E-state index in [4.69, 9.17) is 0 Å². The number of rotatable bonds is 3. The second-order valence-corrected chi connectivity index (χ2v) is 10.3. The zero-order chi connectivity index (χ0) is 20.9. The lowest BCUT2D eigenvalue weighted by molar-refractivity contribution is -0.127. The van der Waals surface area contributed by atoms with Gasteiger partial charge < -0.3 is 9.80 Å². The number of para-hydroxylation sites is 1. The Hall–Kier alpha value is -1.88. The average Bonchev–Trinajstić information content (AvgIpc) is 3.24. The molecule has 162 valence electrons. The van der Waals surface area contributed by atoms with Crippen LogP contribution in [0.2, 0.25) is 0 Å². The number of nitrogens with one attached hydrogen (secondary N) is 1. The molecule has 2 atom stereocenters. The van der Waals surface area contributed by atoms with Crippen molar-refractivity contribution in [2.75, 3.05) is 24.5 Å². The van der Waals surface area contributed by atoms with Crippen LogP contribution in [-0.4, -0.2) is 47.9 Å². The largest absolute Gasteiger partial charge is 0.364 e. The molecular formula is C25H35N3O2. The summed E-state index contributed by atoms with van der Waals surface area (Å²) in [5.74, 6) is 1.15. The van der Waals surface area contributed by atoms with Crippen LogP contribution in [-0.2, 0) is 9.59 Å². The van der Waals surface area contributed by atoms with Crippen molar-refractivity contribution in [1.29, 1.82) is 0 Å². The van der Waals surface area contributed by atoms with Gasteiger partial charge in [0.25, 0.3) is 0 Å². The van der Waals surface area contributed by atoms with Crippen molar-refractivity contribution >= 4 is 17.5 Å². The SMILES string of the molecule is CC(C)C1CCC(N2CCC3(CC2)C2C(=O)NC(=O)C2CN3c2ccccc2)CC1. The molecule has 1 aliphatic carbocycles. The Balaban J connectivity index is 1.35. The van der Waals surface area contributed by atoms with Crippen LogP contribution in [0.4, 0.5) is 5.69 Å². The molecule has 2 unspecified atom stereocenters. The quantitative estimate of drug-likeness (QED) is 0.777. The maximum absolute atomic E-state index is 12.8. The van der Waals surface area contributed by atoms with Crippen molar-refractivity contribution in [3.63, 3.8) is 0 Å². The summed E-state index contributed by atoms with van der Waals surface area (Å²) in [5, 5.41) is 2.63. The van der Waals surface area contributed by atoms with Gasteiger partial charge in [-0.05, 0) is 62.5 Å². The van der Waals surface area contributed by atoms with Gasteiger partial charge in [-0.15, -0.1) is 0 Å². The van der Waals surface area contributed by atoms with Gasteiger partial charge in [-0.25, -0.2) is 0 Å². The zero-order valence-electron chi connectivity index (χ0n) is 18.3. The molecule has 0 bridgehead atoms. The fraction of sp³-hybridized carbons (Fsp3) is 0.680. The van der Waals surface area contributed by atoms with Crippen LogP contribution >= 0.6 is 0 Å². The monoisotopic (exact) mass is 409 g/mol. The molecule has 1 spiro atoms. The van der Waals surface area contributed by atoms with E-state index in [1.807, 2.05) is 6.07 Å². The summed E-state index contributed by atoms with van der Waals surface area (Å²) in [4.78, 5) is 30.4. The molecule has 3 saturated heterocycles. The first-order valence-electron chi connectivity index (χ1n) is 11.9. The Morgan fingerprint density at radius 2 is 1.63 bits per heavy atom. The number of likely N-dealkylation sites (tertiary alicyclic amines) is 1. The lowest BCUT2D eigenvalue weighted by Gasteiger charge is -2.50. The fourth-order valence-corrected chi connectivity index (χ4v) is 6.94. The highest BCUT2D eigenvalue weighted by molar-refractivity contribution is 6.07. The minimum atomic E-state index is -0.228. The van der Waals surface area contributed by atoms with Crippen LogP contribution in [0, 0.1) is 23.7 Å². The molecule has 1 aromatic rings. The zero-order valence-corrected chi connectivity index (χ0v) is 18.3. The number of carbonyl (C=O) groups excluding carboxylic acids is 2. The molecule has 4 fully saturated rings. The van der Waals surface area contributed by atoms with E-state index in [2.05, 4.69) is 53.2 Å². The molecule has 5 nitrogen and oxygen atoms in total. The number of anilines is 1. The maximum Gasteiger partial charge on any atom is 0.232 e. The number of hydrogen-bond acceptors (Lipinski definition) is 4. The predicted molar refractivity (Wildman–Crippen MR) is 118 cm³/mol. The third-order valence-corrected chi connectivity index (χ3v) is 8.70. The molecule has 1 aromatic carbocycles. The van der Waals surface area contributed by atoms with E-state index < -0.39 is 0 Å². The Bertz CT molecular complexity index is 792. The van der Waals surface area contributed by atoms with Gasteiger partial charge in [0.15, 0.2) is 0 Å². The number of amides is 2. The number of benzene rings is 1. The summed E-state index contributed by atoms with van der Waals surface area (Å²) >= 11 is 0. The summed E-state index contributed by atoms with van der Waals surface area (Å²) in [6.07, 6.45) is 7.25. The van der Waals surface area contributed by atoms with Crippen LogP contribution in [0.25, 0.3) is 0 Å². The van der Waals surface area contributed by atoms with Crippen LogP contribution < -0.4 is 10.2 Å². The number of fused-ring (bicyclic) bond motifs is 2. The predicted octanol–water partition coefficient (Wildman–Crippen LogP) is 3.44. The minimum absolute atomic E-state index is 0.0469. The minimum Gasteiger partial charge on any atom is -0.364 e. The molecule has 5 heteroatoms. The molecule has 30 heavy (non-hydrogen) atoms. The van der Waals surface area contributed by atoms with Crippen molar-refractivity contribution < 1.29 is 9.59 Å². The first-order valence-corrected chi connectivity index (χ1v) is 11.9. The molecule has 4 aliphatic rings. The summed E-state index contributed by atoms with van der Waals surface area (Å²) in [6, 6.07) is 11.1. The highest BCUT2D eigenvalue weighted by Gasteiger charge is 2.62.